The van der Waals surface area contributed by atoms with Crippen LogP contribution in [0.4, 0.5) is 5.13 Å². The normalized spacial score (nSPS) is 10.4. The van der Waals surface area contributed by atoms with Crippen molar-refractivity contribution >= 4 is 28.3 Å². The maximum Gasteiger partial charge on any atom is 0.273 e. The van der Waals surface area contributed by atoms with E-state index >= 15 is 0 Å². The maximum absolute atomic E-state index is 12.5. The lowest BCUT2D eigenvalue weighted by atomic mass is 10.2. The van der Waals surface area contributed by atoms with Crippen LogP contribution in [0, 0.1) is 0 Å². The first-order chi connectivity index (χ1) is 12.1. The number of carbonyl (C=O) groups excluding carboxylic acids is 2. The molecule has 0 fully saturated rings. The lowest BCUT2D eigenvalue weighted by Crippen LogP contribution is -2.32. The summed E-state index contributed by atoms with van der Waals surface area (Å²) in [5.74, 6) is 0.317. The number of benzene rings is 1. The number of anilines is 1. The average Bonchev–Trinajstić information content (AvgIpc) is 3.10. The van der Waals surface area contributed by atoms with Crippen molar-refractivity contribution in [2.24, 2.45) is 0 Å². The fraction of sp³-hybridized carbons (Fsp3) is 0.389. The number of amides is 2. The highest BCUT2D eigenvalue weighted by atomic mass is 32.1. The zero-order chi connectivity index (χ0) is 18.2. The van der Waals surface area contributed by atoms with E-state index in [0.29, 0.717) is 28.7 Å². The minimum Gasteiger partial charge on any atom is -0.497 e. The molecular weight excluding hydrogens is 338 g/mol. The number of thiazole rings is 1. The fourth-order valence-electron chi connectivity index (χ4n) is 2.26. The number of methoxy groups -OCH3 is 1. The second-order valence-corrected chi connectivity index (χ2v) is 6.32. The van der Waals surface area contributed by atoms with Crippen LogP contribution in [0.2, 0.25) is 0 Å². The number of rotatable bonds is 8. The summed E-state index contributed by atoms with van der Waals surface area (Å²) in [4.78, 5) is 30.7. The van der Waals surface area contributed by atoms with Gasteiger partial charge in [0.15, 0.2) is 5.13 Å². The van der Waals surface area contributed by atoms with Crippen LogP contribution in [-0.2, 0) is 0 Å². The van der Waals surface area contributed by atoms with Crippen LogP contribution in [0.5, 0.6) is 5.75 Å². The van der Waals surface area contributed by atoms with Crippen molar-refractivity contribution in [3.63, 3.8) is 0 Å². The van der Waals surface area contributed by atoms with Crippen LogP contribution in [0.3, 0.4) is 0 Å². The SMILES string of the molecule is CCCCN(CC)C(=O)c1csc(NC(=O)c2ccc(OC)cc2)n1. The number of hydrogen-bond donors (Lipinski definition) is 1. The summed E-state index contributed by atoms with van der Waals surface area (Å²) < 4.78 is 5.07. The first kappa shape index (κ1) is 18.9. The lowest BCUT2D eigenvalue weighted by molar-refractivity contribution is 0.0757. The molecule has 0 unspecified atom stereocenters. The van der Waals surface area contributed by atoms with E-state index in [2.05, 4.69) is 17.2 Å². The minimum absolute atomic E-state index is 0.0999. The van der Waals surface area contributed by atoms with Crippen molar-refractivity contribution in [3.05, 3.63) is 40.9 Å². The lowest BCUT2D eigenvalue weighted by Gasteiger charge is -2.19. The van der Waals surface area contributed by atoms with Crippen LogP contribution < -0.4 is 10.1 Å². The topological polar surface area (TPSA) is 71.5 Å². The molecule has 0 saturated heterocycles. The maximum atomic E-state index is 12.5. The third kappa shape index (κ3) is 5.03. The van der Waals surface area contributed by atoms with E-state index in [4.69, 9.17) is 4.74 Å². The molecule has 2 amide bonds. The van der Waals surface area contributed by atoms with Gasteiger partial charge in [0.25, 0.3) is 11.8 Å². The number of ether oxygens (including phenoxy) is 1. The standard InChI is InChI=1S/C18H23N3O3S/c1-4-6-11-21(5-2)17(23)15-12-25-18(19-15)20-16(22)13-7-9-14(24-3)10-8-13/h7-10,12H,4-6,11H2,1-3H3,(H,19,20,22). The van der Waals surface area contributed by atoms with E-state index in [1.165, 1.54) is 11.3 Å². The molecule has 0 aliphatic rings. The Balaban J connectivity index is 2.02. The van der Waals surface area contributed by atoms with Gasteiger partial charge in [-0.15, -0.1) is 11.3 Å². The Labute approximate surface area is 151 Å². The van der Waals surface area contributed by atoms with Crippen LogP contribution in [-0.4, -0.2) is 41.9 Å². The van der Waals surface area contributed by atoms with Gasteiger partial charge in [0.2, 0.25) is 0 Å². The third-order valence-corrected chi connectivity index (χ3v) is 4.50. The molecule has 0 spiro atoms. The molecule has 2 rings (SSSR count). The Morgan fingerprint density at radius 1 is 1.24 bits per heavy atom. The van der Waals surface area contributed by atoms with E-state index in [1.807, 2.05) is 6.92 Å². The highest BCUT2D eigenvalue weighted by Crippen LogP contribution is 2.19. The summed E-state index contributed by atoms with van der Waals surface area (Å²) >= 11 is 1.25. The van der Waals surface area contributed by atoms with Crippen LogP contribution in [0.15, 0.2) is 29.6 Å². The van der Waals surface area contributed by atoms with Gasteiger partial charge >= 0.3 is 0 Å². The number of aromatic nitrogens is 1. The molecule has 0 radical (unpaired) electrons. The molecule has 0 saturated carbocycles. The zero-order valence-electron chi connectivity index (χ0n) is 14.7. The molecule has 0 aliphatic carbocycles. The van der Waals surface area contributed by atoms with Gasteiger partial charge in [0, 0.05) is 24.0 Å². The molecular formula is C18H23N3O3S. The van der Waals surface area contributed by atoms with E-state index in [1.54, 1.807) is 41.7 Å². The first-order valence-electron chi connectivity index (χ1n) is 8.29. The van der Waals surface area contributed by atoms with Crippen molar-refractivity contribution in [3.8, 4) is 5.75 Å². The number of nitrogens with one attached hydrogen (secondary N) is 1. The molecule has 1 N–H and O–H groups in total. The van der Waals surface area contributed by atoms with Crippen LogP contribution in [0.25, 0.3) is 0 Å². The Morgan fingerprint density at radius 2 is 1.96 bits per heavy atom. The summed E-state index contributed by atoms with van der Waals surface area (Å²) in [6, 6.07) is 6.80. The number of hydrogen-bond acceptors (Lipinski definition) is 5. The summed E-state index contributed by atoms with van der Waals surface area (Å²) in [6.07, 6.45) is 1.99. The minimum atomic E-state index is -0.269. The first-order valence-corrected chi connectivity index (χ1v) is 9.17. The molecule has 7 heteroatoms. The molecule has 0 atom stereocenters. The third-order valence-electron chi connectivity index (χ3n) is 3.75. The smallest absolute Gasteiger partial charge is 0.273 e. The second kappa shape index (κ2) is 9.17. The monoisotopic (exact) mass is 361 g/mol. The Hall–Kier alpha value is -2.41. The van der Waals surface area contributed by atoms with E-state index < -0.39 is 0 Å². The van der Waals surface area contributed by atoms with Crippen LogP contribution in [0.1, 0.15) is 47.5 Å². The van der Waals surface area contributed by atoms with Gasteiger partial charge in [0.1, 0.15) is 11.4 Å². The van der Waals surface area contributed by atoms with Gasteiger partial charge < -0.3 is 9.64 Å². The molecule has 1 aromatic carbocycles. The molecule has 134 valence electrons. The highest BCUT2D eigenvalue weighted by molar-refractivity contribution is 7.14. The fourth-order valence-corrected chi connectivity index (χ4v) is 2.93. The second-order valence-electron chi connectivity index (χ2n) is 5.46. The average molecular weight is 361 g/mol. The number of carbonyl (C=O) groups is 2. The molecule has 1 aromatic heterocycles. The van der Waals surface area contributed by atoms with Gasteiger partial charge in [0.05, 0.1) is 7.11 Å². The van der Waals surface area contributed by atoms with Gasteiger partial charge in [-0.2, -0.15) is 0 Å². The molecule has 2 aromatic rings. The number of unbranched alkanes of at least 4 members (excludes halogenated alkanes) is 1. The Bertz CT molecular complexity index is 713. The zero-order valence-corrected chi connectivity index (χ0v) is 15.6. The van der Waals surface area contributed by atoms with Gasteiger partial charge in [-0.05, 0) is 37.6 Å². The van der Waals surface area contributed by atoms with E-state index in [9.17, 15) is 9.59 Å². The van der Waals surface area contributed by atoms with Gasteiger partial charge in [-0.1, -0.05) is 13.3 Å². The molecule has 0 aliphatic heterocycles. The molecule has 0 bridgehead atoms. The van der Waals surface area contributed by atoms with Gasteiger partial charge in [-0.25, -0.2) is 4.98 Å². The van der Waals surface area contributed by atoms with Gasteiger partial charge in [-0.3, -0.25) is 14.9 Å². The number of nitrogens with zero attached hydrogens (tertiary/aromatic N) is 2. The van der Waals surface area contributed by atoms with Crippen molar-refractivity contribution in [2.75, 3.05) is 25.5 Å². The summed E-state index contributed by atoms with van der Waals surface area (Å²) in [6.45, 7) is 5.40. The van der Waals surface area contributed by atoms with Crippen LogP contribution >= 0.6 is 11.3 Å². The molecule has 25 heavy (non-hydrogen) atoms. The predicted molar refractivity (Wildman–Crippen MR) is 99.5 cm³/mol. The Morgan fingerprint density at radius 3 is 2.56 bits per heavy atom. The largest absolute Gasteiger partial charge is 0.497 e. The summed E-state index contributed by atoms with van der Waals surface area (Å²) in [7, 11) is 1.57. The van der Waals surface area contributed by atoms with Crippen molar-refractivity contribution in [1.82, 2.24) is 9.88 Å². The quantitative estimate of drug-likeness (QED) is 0.779. The summed E-state index contributed by atoms with van der Waals surface area (Å²) in [5.41, 5.74) is 0.870. The molecule has 1 heterocycles. The van der Waals surface area contributed by atoms with Crippen molar-refractivity contribution in [1.29, 1.82) is 0 Å². The van der Waals surface area contributed by atoms with Crippen molar-refractivity contribution in [2.45, 2.75) is 26.7 Å². The highest BCUT2D eigenvalue weighted by Gasteiger charge is 2.18. The van der Waals surface area contributed by atoms with E-state index in [-0.39, 0.29) is 11.8 Å². The van der Waals surface area contributed by atoms with Crippen molar-refractivity contribution < 1.29 is 14.3 Å². The summed E-state index contributed by atoms with van der Waals surface area (Å²) in [5, 5.41) is 4.82. The Kier molecular flexibility index (Phi) is 6.94. The predicted octanol–water partition coefficient (Wildman–Crippen LogP) is 3.67. The molecule has 6 nitrogen and oxygen atoms in total. The van der Waals surface area contributed by atoms with E-state index in [0.717, 1.165) is 19.4 Å².